The molecule has 190 valence electrons. The summed E-state index contributed by atoms with van der Waals surface area (Å²) in [5, 5.41) is 14.7. The first-order valence-corrected chi connectivity index (χ1v) is 14.7. The summed E-state index contributed by atoms with van der Waals surface area (Å²) in [5.74, 6) is 3.24. The van der Waals surface area contributed by atoms with Gasteiger partial charge >= 0.3 is 0 Å². The summed E-state index contributed by atoms with van der Waals surface area (Å²) in [5.41, 5.74) is 2.94. The SMILES string of the molecule is O=[N+]([O-])c1cccc(NS(=O)(=O)c2ccc3c(c2)[C@H]2C=CC[C@H]2[C@@H](c2cccc(OC4CSC4)c2)N3)c1. The number of nitrogens with zero attached hydrogens (tertiary/aromatic N) is 1. The minimum Gasteiger partial charge on any atom is -0.489 e. The van der Waals surface area contributed by atoms with Crippen molar-refractivity contribution in [2.24, 2.45) is 5.92 Å². The molecule has 1 saturated heterocycles. The summed E-state index contributed by atoms with van der Waals surface area (Å²) in [7, 11) is -3.94. The lowest BCUT2D eigenvalue weighted by Crippen LogP contribution is -2.31. The molecular formula is C27H25N3O5S2. The molecule has 0 saturated carbocycles. The molecule has 0 bridgehead atoms. The van der Waals surface area contributed by atoms with E-state index in [0.717, 1.165) is 40.5 Å². The van der Waals surface area contributed by atoms with Gasteiger partial charge in [-0.1, -0.05) is 30.4 Å². The van der Waals surface area contributed by atoms with Crippen LogP contribution in [0.5, 0.6) is 5.75 Å². The van der Waals surface area contributed by atoms with Gasteiger partial charge in [0.2, 0.25) is 0 Å². The third-order valence-corrected chi connectivity index (χ3v) is 9.68. The first-order valence-electron chi connectivity index (χ1n) is 12.1. The molecule has 1 fully saturated rings. The monoisotopic (exact) mass is 535 g/mol. The Labute approximate surface area is 219 Å². The number of fused-ring (bicyclic) bond motifs is 3. The highest BCUT2D eigenvalue weighted by Gasteiger charge is 2.38. The summed E-state index contributed by atoms with van der Waals surface area (Å²) in [6.07, 6.45) is 5.48. The quantitative estimate of drug-likeness (QED) is 0.226. The molecule has 0 radical (unpaired) electrons. The number of nitro groups is 1. The second kappa shape index (κ2) is 9.42. The van der Waals surface area contributed by atoms with Crippen LogP contribution in [0.3, 0.4) is 0 Å². The molecule has 37 heavy (non-hydrogen) atoms. The lowest BCUT2D eigenvalue weighted by Gasteiger charge is -2.38. The largest absolute Gasteiger partial charge is 0.489 e. The fourth-order valence-corrected chi connectivity index (χ4v) is 6.87. The molecule has 6 rings (SSSR count). The number of hydrogen-bond donors (Lipinski definition) is 2. The topological polar surface area (TPSA) is 111 Å². The summed E-state index contributed by atoms with van der Waals surface area (Å²) < 4.78 is 34.9. The third kappa shape index (κ3) is 4.67. The number of nitro benzene ring substituents is 1. The van der Waals surface area contributed by atoms with E-state index in [-0.39, 0.29) is 40.3 Å². The zero-order chi connectivity index (χ0) is 25.6. The van der Waals surface area contributed by atoms with Gasteiger partial charge in [-0.05, 0) is 59.9 Å². The maximum Gasteiger partial charge on any atom is 0.271 e. The summed E-state index contributed by atoms with van der Waals surface area (Å²) in [4.78, 5) is 10.6. The van der Waals surface area contributed by atoms with Crippen molar-refractivity contribution in [2.75, 3.05) is 21.5 Å². The molecule has 2 heterocycles. The Morgan fingerprint density at radius 1 is 1.05 bits per heavy atom. The average molecular weight is 536 g/mol. The Hall–Kier alpha value is -3.50. The number of ether oxygens (including phenoxy) is 1. The number of benzene rings is 3. The van der Waals surface area contributed by atoms with Crippen LogP contribution in [0.1, 0.15) is 29.5 Å². The van der Waals surface area contributed by atoms with Crippen LogP contribution in [0.15, 0.2) is 83.8 Å². The molecule has 2 aliphatic heterocycles. The van der Waals surface area contributed by atoms with E-state index in [2.05, 4.69) is 34.3 Å². The molecule has 1 aliphatic carbocycles. The normalized spacial score (nSPS) is 22.3. The molecule has 3 aromatic rings. The summed E-state index contributed by atoms with van der Waals surface area (Å²) in [6, 6.07) is 18.9. The number of rotatable bonds is 7. The molecule has 3 aliphatic rings. The van der Waals surface area contributed by atoms with Crippen molar-refractivity contribution < 1.29 is 18.1 Å². The number of non-ortho nitro benzene ring substituents is 1. The second-order valence-electron chi connectivity index (χ2n) is 9.49. The van der Waals surface area contributed by atoms with Crippen molar-refractivity contribution in [3.05, 3.63) is 100 Å². The van der Waals surface area contributed by atoms with E-state index in [9.17, 15) is 18.5 Å². The van der Waals surface area contributed by atoms with Crippen LogP contribution in [0.2, 0.25) is 0 Å². The Kier molecular flexibility index (Phi) is 6.08. The van der Waals surface area contributed by atoms with Crippen LogP contribution in [0.25, 0.3) is 0 Å². The highest BCUT2D eigenvalue weighted by atomic mass is 32.2. The number of nitrogens with one attached hydrogen (secondary N) is 2. The molecule has 10 heteroatoms. The van der Waals surface area contributed by atoms with Crippen LogP contribution < -0.4 is 14.8 Å². The minimum absolute atomic E-state index is 0.0669. The second-order valence-corrected chi connectivity index (χ2v) is 12.2. The van der Waals surface area contributed by atoms with Gasteiger partial charge in [-0.2, -0.15) is 11.8 Å². The predicted molar refractivity (Wildman–Crippen MR) is 145 cm³/mol. The van der Waals surface area contributed by atoms with Crippen molar-refractivity contribution >= 4 is 38.8 Å². The number of hydrogen-bond acceptors (Lipinski definition) is 7. The van der Waals surface area contributed by atoms with E-state index >= 15 is 0 Å². The van der Waals surface area contributed by atoms with Crippen LogP contribution in [0, 0.1) is 16.0 Å². The van der Waals surface area contributed by atoms with Crippen molar-refractivity contribution in [1.29, 1.82) is 0 Å². The van der Waals surface area contributed by atoms with Gasteiger partial charge in [-0.3, -0.25) is 14.8 Å². The first kappa shape index (κ1) is 23.9. The number of sulfonamides is 1. The number of allylic oxidation sites excluding steroid dienone is 2. The highest BCUT2D eigenvalue weighted by molar-refractivity contribution is 8.00. The predicted octanol–water partition coefficient (Wildman–Crippen LogP) is 5.72. The lowest BCUT2D eigenvalue weighted by molar-refractivity contribution is -0.384. The van der Waals surface area contributed by atoms with Crippen molar-refractivity contribution in [2.45, 2.75) is 29.4 Å². The molecule has 0 amide bonds. The van der Waals surface area contributed by atoms with Gasteiger partial charge < -0.3 is 10.1 Å². The Morgan fingerprint density at radius 3 is 2.68 bits per heavy atom. The molecule has 0 aromatic heterocycles. The number of thioether (sulfide) groups is 1. The molecule has 0 spiro atoms. The van der Waals surface area contributed by atoms with E-state index < -0.39 is 14.9 Å². The standard InChI is InChI=1S/C27H25N3O5S2/c31-30(32)19-6-2-5-18(13-19)29-37(33,34)22-10-11-26-25(14-22)23-8-3-9-24(23)27(28-26)17-4-1-7-20(12-17)35-21-15-36-16-21/h1-8,10-14,21,23-24,27-29H,9,15-16H2/t23-,24+,27+/m0/s1. The van der Waals surface area contributed by atoms with Gasteiger partial charge in [0.15, 0.2) is 0 Å². The zero-order valence-electron chi connectivity index (χ0n) is 19.7. The van der Waals surface area contributed by atoms with Crippen LogP contribution in [-0.4, -0.2) is 31.0 Å². The number of anilines is 2. The van der Waals surface area contributed by atoms with E-state index in [1.54, 1.807) is 18.2 Å². The lowest BCUT2D eigenvalue weighted by atomic mass is 9.77. The fraction of sp³-hybridized carbons (Fsp3) is 0.259. The van der Waals surface area contributed by atoms with Crippen molar-refractivity contribution in [1.82, 2.24) is 0 Å². The molecule has 3 aromatic carbocycles. The van der Waals surface area contributed by atoms with Crippen LogP contribution in [-0.2, 0) is 10.0 Å². The average Bonchev–Trinajstić information content (AvgIpc) is 3.36. The Morgan fingerprint density at radius 2 is 1.89 bits per heavy atom. The maximum atomic E-state index is 13.2. The van der Waals surface area contributed by atoms with E-state index in [1.807, 2.05) is 23.9 Å². The molecule has 2 N–H and O–H groups in total. The van der Waals surface area contributed by atoms with Gasteiger partial charge in [0.05, 0.1) is 21.5 Å². The Balaban J connectivity index is 1.28. The molecule has 8 nitrogen and oxygen atoms in total. The van der Waals surface area contributed by atoms with Crippen LogP contribution >= 0.6 is 11.8 Å². The van der Waals surface area contributed by atoms with E-state index in [4.69, 9.17) is 4.74 Å². The zero-order valence-corrected chi connectivity index (χ0v) is 21.4. The third-order valence-electron chi connectivity index (χ3n) is 7.08. The first-order chi connectivity index (χ1) is 17.9. The minimum atomic E-state index is -3.94. The van der Waals surface area contributed by atoms with Gasteiger partial charge in [0.1, 0.15) is 11.9 Å². The summed E-state index contributed by atoms with van der Waals surface area (Å²) >= 11 is 1.89. The Bertz CT molecular complexity index is 1500. The smallest absolute Gasteiger partial charge is 0.271 e. The van der Waals surface area contributed by atoms with E-state index in [1.165, 1.54) is 24.3 Å². The summed E-state index contributed by atoms with van der Waals surface area (Å²) in [6.45, 7) is 0. The van der Waals surface area contributed by atoms with Gasteiger partial charge in [-0.25, -0.2) is 8.42 Å². The maximum absolute atomic E-state index is 13.2. The van der Waals surface area contributed by atoms with Crippen LogP contribution in [0.4, 0.5) is 17.1 Å². The van der Waals surface area contributed by atoms with E-state index in [0.29, 0.717) is 0 Å². The molecule has 3 atom stereocenters. The van der Waals surface area contributed by atoms with Gasteiger partial charge in [-0.15, -0.1) is 0 Å². The molecule has 0 unspecified atom stereocenters. The van der Waals surface area contributed by atoms with Gasteiger partial charge in [0, 0.05) is 35.2 Å². The highest BCUT2D eigenvalue weighted by Crippen LogP contribution is 2.50. The fourth-order valence-electron chi connectivity index (χ4n) is 5.22. The van der Waals surface area contributed by atoms with Crippen molar-refractivity contribution in [3.8, 4) is 5.75 Å². The molecular weight excluding hydrogens is 510 g/mol. The van der Waals surface area contributed by atoms with Gasteiger partial charge in [0.25, 0.3) is 15.7 Å². The van der Waals surface area contributed by atoms with Crippen molar-refractivity contribution in [3.63, 3.8) is 0 Å².